The Hall–Kier alpha value is -0.763. The van der Waals surface area contributed by atoms with E-state index in [4.69, 9.17) is 24.7 Å². The zero-order valence-electron chi connectivity index (χ0n) is 15.4. The summed E-state index contributed by atoms with van der Waals surface area (Å²) in [7, 11) is -2.78. The van der Waals surface area contributed by atoms with E-state index in [1.54, 1.807) is 0 Å². The van der Waals surface area contributed by atoms with Gasteiger partial charge in [-0.2, -0.15) is 0 Å². The van der Waals surface area contributed by atoms with Gasteiger partial charge >= 0.3 is 8.80 Å². The molecule has 0 aromatic heterocycles. The van der Waals surface area contributed by atoms with E-state index in [0.717, 1.165) is 25.3 Å². The van der Waals surface area contributed by atoms with Crippen molar-refractivity contribution in [3.05, 3.63) is 35.9 Å². The van der Waals surface area contributed by atoms with Gasteiger partial charge in [0.2, 0.25) is 0 Å². The molecule has 1 unspecified atom stereocenters. The maximum absolute atomic E-state index is 6.61. The van der Waals surface area contributed by atoms with Crippen LogP contribution in [-0.4, -0.2) is 40.7 Å². The third-order valence-electron chi connectivity index (χ3n) is 3.91. The van der Waals surface area contributed by atoms with Crippen LogP contribution in [-0.2, 0) is 19.7 Å². The quantitative estimate of drug-likeness (QED) is 0.532. The van der Waals surface area contributed by atoms with E-state index in [0.29, 0.717) is 26.3 Å². The molecule has 1 atom stereocenters. The molecule has 0 spiro atoms. The van der Waals surface area contributed by atoms with Crippen molar-refractivity contribution in [2.75, 3.05) is 26.3 Å². The van der Waals surface area contributed by atoms with Crippen LogP contribution in [0.4, 0.5) is 0 Å². The van der Waals surface area contributed by atoms with Crippen molar-refractivity contribution in [2.24, 2.45) is 11.5 Å². The zero-order valence-corrected chi connectivity index (χ0v) is 16.4. The second-order valence-corrected chi connectivity index (χ2v) is 8.84. The van der Waals surface area contributed by atoms with E-state index >= 15 is 0 Å². The average Bonchev–Trinajstić information content (AvgIpc) is 2.54. The van der Waals surface area contributed by atoms with E-state index in [1.807, 2.05) is 32.0 Å². The molecule has 6 heteroatoms. The van der Waals surface area contributed by atoms with Crippen molar-refractivity contribution in [2.45, 2.75) is 51.7 Å². The van der Waals surface area contributed by atoms with Gasteiger partial charge in [0.25, 0.3) is 0 Å². The number of benzene rings is 1. The number of hydrogen-bond acceptors (Lipinski definition) is 5. The van der Waals surface area contributed by atoms with Gasteiger partial charge in [-0.1, -0.05) is 30.3 Å². The molecule has 0 saturated carbocycles. The van der Waals surface area contributed by atoms with Gasteiger partial charge in [0.05, 0.1) is 5.60 Å². The first kappa shape index (κ1) is 21.3. The first-order valence-electron chi connectivity index (χ1n) is 8.95. The molecule has 0 aliphatic carbocycles. The van der Waals surface area contributed by atoms with Gasteiger partial charge in [0.15, 0.2) is 0 Å². The van der Waals surface area contributed by atoms with Crippen LogP contribution in [0.1, 0.15) is 39.2 Å². The van der Waals surface area contributed by atoms with Crippen molar-refractivity contribution >= 4 is 8.80 Å². The second-order valence-electron chi connectivity index (χ2n) is 6.19. The fourth-order valence-electron chi connectivity index (χ4n) is 2.94. The summed E-state index contributed by atoms with van der Waals surface area (Å²) in [4.78, 5) is 0. The van der Waals surface area contributed by atoms with Crippen LogP contribution in [0.15, 0.2) is 30.3 Å². The second kappa shape index (κ2) is 11.0. The van der Waals surface area contributed by atoms with Gasteiger partial charge in [-0.15, -0.1) is 0 Å². The molecule has 0 saturated heterocycles. The SMILES string of the molecule is CCO[Si](CCCN)(OCC)OC(C)(CCN)Cc1ccccc1. The van der Waals surface area contributed by atoms with Crippen molar-refractivity contribution in [1.29, 1.82) is 0 Å². The smallest absolute Gasteiger partial charge is 0.374 e. The lowest BCUT2D eigenvalue weighted by Crippen LogP contribution is -2.53. The molecule has 4 N–H and O–H groups in total. The number of nitrogens with two attached hydrogens (primary N) is 2. The fourth-order valence-corrected chi connectivity index (χ4v) is 5.97. The maximum atomic E-state index is 6.61. The molecule has 1 rings (SSSR count). The minimum atomic E-state index is -2.78. The zero-order chi connectivity index (χ0) is 17.9. The van der Waals surface area contributed by atoms with E-state index in [-0.39, 0.29) is 0 Å². The molecule has 1 aromatic rings. The van der Waals surface area contributed by atoms with Crippen molar-refractivity contribution in [3.8, 4) is 0 Å². The van der Waals surface area contributed by atoms with Crippen LogP contribution in [0.5, 0.6) is 0 Å². The molecule has 0 heterocycles. The minimum absolute atomic E-state index is 0.415. The summed E-state index contributed by atoms with van der Waals surface area (Å²) in [6, 6.07) is 11.1. The largest absolute Gasteiger partial charge is 0.501 e. The molecule has 0 fully saturated rings. The van der Waals surface area contributed by atoms with Crippen molar-refractivity contribution in [1.82, 2.24) is 0 Å². The summed E-state index contributed by atoms with van der Waals surface area (Å²) in [5.74, 6) is 0. The normalized spacial score (nSPS) is 14.5. The Bertz CT molecular complexity index is 441. The molecule has 0 radical (unpaired) electrons. The highest BCUT2D eigenvalue weighted by Crippen LogP contribution is 2.30. The Morgan fingerprint density at radius 1 is 1.00 bits per heavy atom. The summed E-state index contributed by atoms with van der Waals surface area (Å²) in [5, 5.41) is 0. The molecular formula is C18H34N2O3Si. The highest BCUT2D eigenvalue weighted by molar-refractivity contribution is 6.60. The lowest BCUT2D eigenvalue weighted by molar-refractivity contribution is -0.0234. The van der Waals surface area contributed by atoms with Crippen LogP contribution in [0.2, 0.25) is 6.04 Å². The Labute approximate surface area is 148 Å². The van der Waals surface area contributed by atoms with Crippen molar-refractivity contribution in [3.63, 3.8) is 0 Å². The van der Waals surface area contributed by atoms with Crippen LogP contribution in [0.25, 0.3) is 0 Å². The molecule has 0 aliphatic heterocycles. The van der Waals surface area contributed by atoms with Crippen LogP contribution in [0.3, 0.4) is 0 Å². The number of rotatable bonds is 13. The Balaban J connectivity index is 3.00. The predicted molar refractivity (Wildman–Crippen MR) is 101 cm³/mol. The number of hydrogen-bond donors (Lipinski definition) is 2. The average molecular weight is 355 g/mol. The predicted octanol–water partition coefficient (Wildman–Crippen LogP) is 2.71. The summed E-state index contributed by atoms with van der Waals surface area (Å²) >= 11 is 0. The van der Waals surface area contributed by atoms with Crippen LogP contribution >= 0.6 is 0 Å². The highest BCUT2D eigenvalue weighted by atomic mass is 28.4. The van der Waals surface area contributed by atoms with E-state index in [9.17, 15) is 0 Å². The maximum Gasteiger partial charge on any atom is 0.501 e. The van der Waals surface area contributed by atoms with E-state index < -0.39 is 14.4 Å². The standard InChI is InChI=1S/C18H34N2O3Si/c1-4-21-24(22-5-2,15-9-13-19)23-18(3,12-14-20)16-17-10-7-6-8-11-17/h6-8,10-11H,4-5,9,12-16,19-20H2,1-3H3. The molecule has 0 aliphatic rings. The summed E-state index contributed by atoms with van der Waals surface area (Å²) in [6.45, 7) is 8.36. The van der Waals surface area contributed by atoms with Crippen molar-refractivity contribution < 1.29 is 13.3 Å². The molecule has 5 nitrogen and oxygen atoms in total. The first-order chi connectivity index (χ1) is 11.5. The summed E-state index contributed by atoms with van der Waals surface area (Å²) < 4.78 is 18.7. The fraction of sp³-hybridized carbons (Fsp3) is 0.667. The Kier molecular flexibility index (Phi) is 9.73. The minimum Gasteiger partial charge on any atom is -0.374 e. The molecule has 0 bridgehead atoms. The van der Waals surface area contributed by atoms with E-state index in [1.165, 1.54) is 5.56 Å². The molecular weight excluding hydrogens is 320 g/mol. The van der Waals surface area contributed by atoms with E-state index in [2.05, 4.69) is 19.1 Å². The Morgan fingerprint density at radius 3 is 2.12 bits per heavy atom. The molecule has 0 amide bonds. The highest BCUT2D eigenvalue weighted by Gasteiger charge is 2.46. The lowest BCUT2D eigenvalue weighted by atomic mass is 9.93. The third-order valence-corrected chi connectivity index (χ3v) is 7.14. The van der Waals surface area contributed by atoms with Crippen LogP contribution in [0, 0.1) is 0 Å². The van der Waals surface area contributed by atoms with Gasteiger partial charge < -0.3 is 24.7 Å². The van der Waals surface area contributed by atoms with Crippen LogP contribution < -0.4 is 11.5 Å². The molecule has 1 aromatic carbocycles. The molecule has 24 heavy (non-hydrogen) atoms. The summed E-state index contributed by atoms with van der Waals surface area (Å²) in [6.07, 6.45) is 2.36. The molecule has 138 valence electrons. The van der Waals surface area contributed by atoms with Gasteiger partial charge in [0.1, 0.15) is 0 Å². The Morgan fingerprint density at radius 2 is 1.62 bits per heavy atom. The third kappa shape index (κ3) is 7.00. The van der Waals surface area contributed by atoms with Gasteiger partial charge in [-0.25, -0.2) is 0 Å². The van der Waals surface area contributed by atoms with Gasteiger partial charge in [-0.05, 0) is 52.3 Å². The van der Waals surface area contributed by atoms with Gasteiger partial charge in [0, 0.05) is 25.7 Å². The monoisotopic (exact) mass is 354 g/mol. The van der Waals surface area contributed by atoms with Gasteiger partial charge in [-0.3, -0.25) is 0 Å². The topological polar surface area (TPSA) is 79.7 Å². The summed E-state index contributed by atoms with van der Waals surface area (Å²) in [5.41, 5.74) is 12.4. The first-order valence-corrected chi connectivity index (χ1v) is 10.9. The lowest BCUT2D eigenvalue weighted by Gasteiger charge is -2.39.